The van der Waals surface area contributed by atoms with Gasteiger partial charge in [0.15, 0.2) is 0 Å². The number of hydrogen-bond donors (Lipinski definition) is 5. The van der Waals surface area contributed by atoms with Crippen LogP contribution in [-0.2, 0) is 18.3 Å². The second-order valence-corrected chi connectivity index (χ2v) is 2.90. The monoisotopic (exact) mass is 460 g/mol. The van der Waals surface area contributed by atoms with Crippen molar-refractivity contribution in [3.8, 4) is 0 Å². The standard InChI is InChI=1S/La.4HO3P/c;4*1-4(2)3/h;2*(H-,1,2,3);2*(H,1,2,3)/q+3;;;;/p+1. The van der Waals surface area contributed by atoms with Crippen LogP contribution in [0, 0.1) is 35.6 Å². The molecule has 0 radical (unpaired) electrons. The molecule has 0 aromatic carbocycles. The molecule has 0 aromatic heterocycles. The summed E-state index contributed by atoms with van der Waals surface area (Å²) in [5.74, 6) is 0. The number of rotatable bonds is 0. The molecule has 0 aliphatic heterocycles. The van der Waals surface area contributed by atoms with Crippen molar-refractivity contribution in [2.75, 3.05) is 0 Å². The van der Waals surface area contributed by atoms with Crippen molar-refractivity contribution in [1.29, 1.82) is 0 Å². The van der Waals surface area contributed by atoms with E-state index in [0.717, 1.165) is 0 Å². The molecule has 0 heterocycles. The molecule has 0 saturated heterocycles. The van der Waals surface area contributed by atoms with Crippen molar-refractivity contribution in [3.63, 3.8) is 0 Å². The van der Waals surface area contributed by atoms with Crippen molar-refractivity contribution in [2.45, 2.75) is 0 Å². The zero-order valence-corrected chi connectivity index (χ0v) is 14.7. The van der Waals surface area contributed by atoms with Gasteiger partial charge >= 0.3 is 60.4 Å². The second-order valence-electron chi connectivity index (χ2n) is 0.967. The maximum absolute atomic E-state index is 8.70. The van der Waals surface area contributed by atoms with Crippen LogP contribution in [0.3, 0.4) is 0 Å². The minimum atomic E-state index is -3.37. The zero-order valence-electron chi connectivity index (χ0n) is 7.46. The van der Waals surface area contributed by atoms with Gasteiger partial charge in [0.25, 0.3) is 8.25 Å². The SMILES string of the molecule is O=[P+](O)O.O=[P+](O)O.O=[P+]([O-])O.O=[P+]([O-])[O-].[La+3]. The summed E-state index contributed by atoms with van der Waals surface area (Å²) >= 11 is 0. The first-order chi connectivity index (χ1) is 6.93. The Morgan fingerprint density at radius 2 is 0.647 bits per heavy atom. The molecule has 96 valence electrons. The smallest absolute Gasteiger partial charge is 0.598 e. The van der Waals surface area contributed by atoms with Gasteiger partial charge < -0.3 is 14.7 Å². The average Bonchev–Trinajstić information content (AvgIpc) is 1.76. The van der Waals surface area contributed by atoms with Gasteiger partial charge in [-0.15, -0.1) is 19.6 Å². The predicted octanol–water partition coefficient (Wildman–Crippen LogP) is -3.38. The van der Waals surface area contributed by atoms with Gasteiger partial charge in [0, 0.05) is 9.13 Å². The Kier molecular flexibility index (Phi) is 47.3. The van der Waals surface area contributed by atoms with Crippen LogP contribution in [0.4, 0.5) is 0 Å². The summed E-state index contributed by atoms with van der Waals surface area (Å²) in [6, 6.07) is 0. The fraction of sp³-hybridized carbons (Fsp3) is 0. The van der Waals surface area contributed by atoms with E-state index in [1.165, 1.54) is 0 Å². The van der Waals surface area contributed by atoms with Crippen molar-refractivity contribution in [3.05, 3.63) is 0 Å². The van der Waals surface area contributed by atoms with E-state index in [0.29, 0.717) is 0 Å². The van der Waals surface area contributed by atoms with Gasteiger partial charge in [-0.2, -0.15) is 4.89 Å². The Hall–Kier alpha value is 1.27. The predicted molar refractivity (Wildman–Crippen MR) is 41.5 cm³/mol. The summed E-state index contributed by atoms with van der Waals surface area (Å²) in [5.41, 5.74) is 0. The molecular weight excluding hydrogens is 455 g/mol. The summed E-state index contributed by atoms with van der Waals surface area (Å²) in [5, 5.41) is 0. The van der Waals surface area contributed by atoms with Crippen LogP contribution < -0.4 is 14.7 Å². The Morgan fingerprint density at radius 1 is 0.647 bits per heavy atom. The fourth-order valence-corrected chi connectivity index (χ4v) is 0. The normalized spacial score (nSPS) is 7.18. The number of hydrogen-bond acceptors (Lipinski definition) is 7. The van der Waals surface area contributed by atoms with Crippen LogP contribution in [-0.4, -0.2) is 24.5 Å². The van der Waals surface area contributed by atoms with E-state index in [9.17, 15) is 0 Å². The van der Waals surface area contributed by atoms with Gasteiger partial charge in [-0.3, -0.25) is 0 Å². The van der Waals surface area contributed by atoms with Crippen molar-refractivity contribution < 1.29 is 93.0 Å². The summed E-state index contributed by atoms with van der Waals surface area (Å²) in [4.78, 5) is 61.0. The fourth-order valence-electron chi connectivity index (χ4n) is 0. The third-order valence-electron chi connectivity index (χ3n) is 0. The molecule has 12 nitrogen and oxygen atoms in total. The van der Waals surface area contributed by atoms with E-state index in [4.69, 9.17) is 57.4 Å². The first kappa shape index (κ1) is 30.9. The molecule has 0 spiro atoms. The Bertz CT molecular complexity index is 159. The van der Waals surface area contributed by atoms with E-state index in [2.05, 4.69) is 0 Å². The van der Waals surface area contributed by atoms with E-state index >= 15 is 0 Å². The average molecular weight is 460 g/mol. The molecule has 5 N–H and O–H groups in total. The second kappa shape index (κ2) is 26.0. The minimum absolute atomic E-state index is 0. The third kappa shape index (κ3) is 2480. The van der Waals surface area contributed by atoms with Crippen LogP contribution in [0.5, 0.6) is 0 Å². The van der Waals surface area contributed by atoms with Gasteiger partial charge in [-0.25, -0.2) is 0 Å². The molecule has 0 aromatic rings. The van der Waals surface area contributed by atoms with Gasteiger partial charge in [0.2, 0.25) is 0 Å². The molecule has 1 atom stereocenters. The molecule has 0 aliphatic rings. The quantitative estimate of drug-likeness (QED) is 0.223. The largest absolute Gasteiger partial charge is 3.00 e. The summed E-state index contributed by atoms with van der Waals surface area (Å²) in [7, 11) is -12.2. The Labute approximate surface area is 125 Å². The Morgan fingerprint density at radius 3 is 0.647 bits per heavy atom. The molecular formula is H5LaO12P4+4. The van der Waals surface area contributed by atoms with Gasteiger partial charge in [0.1, 0.15) is 0 Å². The third-order valence-corrected chi connectivity index (χ3v) is 0. The molecule has 0 saturated carbocycles. The molecule has 0 bridgehead atoms. The molecule has 0 fully saturated rings. The zero-order chi connectivity index (χ0) is 14.3. The van der Waals surface area contributed by atoms with E-state index in [-0.39, 0.29) is 35.6 Å². The van der Waals surface area contributed by atoms with Crippen LogP contribution in [0.2, 0.25) is 0 Å². The van der Waals surface area contributed by atoms with Crippen LogP contribution >= 0.6 is 33.0 Å². The maximum Gasteiger partial charge on any atom is 3.00 e. The van der Waals surface area contributed by atoms with Crippen LogP contribution in [0.15, 0.2) is 0 Å². The van der Waals surface area contributed by atoms with Gasteiger partial charge in [-0.1, -0.05) is 4.57 Å². The van der Waals surface area contributed by atoms with Crippen molar-refractivity contribution >= 4 is 33.0 Å². The summed E-state index contributed by atoms with van der Waals surface area (Å²) in [6.07, 6.45) is 0. The van der Waals surface area contributed by atoms with Crippen LogP contribution in [0.1, 0.15) is 0 Å². The van der Waals surface area contributed by atoms with Crippen molar-refractivity contribution in [2.24, 2.45) is 0 Å². The molecule has 0 amide bonds. The van der Waals surface area contributed by atoms with Gasteiger partial charge in [-0.05, 0) is 4.57 Å². The molecule has 0 aliphatic carbocycles. The van der Waals surface area contributed by atoms with Crippen LogP contribution in [0.25, 0.3) is 0 Å². The molecule has 0 rings (SSSR count). The first-order valence-electron chi connectivity index (χ1n) is 2.28. The molecule has 1 unspecified atom stereocenters. The van der Waals surface area contributed by atoms with Gasteiger partial charge in [0.05, 0.1) is 0 Å². The Balaban J connectivity index is -0.0000000369. The van der Waals surface area contributed by atoms with E-state index in [1.807, 2.05) is 0 Å². The minimum Gasteiger partial charge on any atom is -0.598 e. The summed E-state index contributed by atoms with van der Waals surface area (Å²) in [6.45, 7) is 0. The van der Waals surface area contributed by atoms with Crippen molar-refractivity contribution in [1.82, 2.24) is 0 Å². The summed E-state index contributed by atoms with van der Waals surface area (Å²) < 4.78 is 34.5. The molecule has 17 heavy (non-hydrogen) atoms. The van der Waals surface area contributed by atoms with E-state index in [1.54, 1.807) is 0 Å². The topological polar surface area (TPSA) is 239 Å². The maximum atomic E-state index is 8.70. The first-order valence-corrected chi connectivity index (χ1v) is 6.83. The van der Waals surface area contributed by atoms with E-state index < -0.39 is 33.0 Å². The molecule has 17 heteroatoms.